The van der Waals surface area contributed by atoms with Gasteiger partial charge in [0.05, 0.1) is 10.7 Å². The van der Waals surface area contributed by atoms with Gasteiger partial charge < -0.3 is 10.0 Å². The zero-order valence-electron chi connectivity index (χ0n) is 11.2. The van der Waals surface area contributed by atoms with E-state index < -0.39 is 11.5 Å². The number of carbonyl (C=O) groups is 2. The molecule has 2 rings (SSSR count). The standard InChI is InChI=1S/C13H18N2O3S/c1-9-14-10(8-19-9)4-5-11(16)15-7-3-6-13(15,2)12(17)18/h8H,3-7H2,1-2H3,(H,17,18). The fourth-order valence-corrected chi connectivity index (χ4v) is 3.13. The fourth-order valence-electron chi connectivity index (χ4n) is 2.48. The van der Waals surface area contributed by atoms with Gasteiger partial charge in [-0.15, -0.1) is 11.3 Å². The Morgan fingerprint density at radius 1 is 1.58 bits per heavy atom. The molecule has 0 aromatic carbocycles. The second-order valence-corrected chi connectivity index (χ2v) is 6.15. The molecule has 1 fully saturated rings. The lowest BCUT2D eigenvalue weighted by molar-refractivity contribution is -0.155. The largest absolute Gasteiger partial charge is 0.480 e. The third kappa shape index (κ3) is 2.78. The predicted octanol–water partition coefficient (Wildman–Crippen LogP) is 1.85. The molecule has 0 bridgehead atoms. The Labute approximate surface area is 116 Å². The summed E-state index contributed by atoms with van der Waals surface area (Å²) in [4.78, 5) is 29.3. The lowest BCUT2D eigenvalue weighted by Gasteiger charge is -2.31. The molecule has 1 saturated heterocycles. The first-order valence-corrected chi connectivity index (χ1v) is 7.26. The molecule has 1 aliphatic heterocycles. The van der Waals surface area contributed by atoms with Crippen LogP contribution < -0.4 is 0 Å². The fraction of sp³-hybridized carbons (Fsp3) is 0.615. The Morgan fingerprint density at radius 3 is 2.89 bits per heavy atom. The average Bonchev–Trinajstić information content (AvgIpc) is 2.93. The van der Waals surface area contributed by atoms with Gasteiger partial charge in [-0.25, -0.2) is 9.78 Å². The maximum atomic E-state index is 12.2. The van der Waals surface area contributed by atoms with E-state index in [4.69, 9.17) is 0 Å². The highest BCUT2D eigenvalue weighted by molar-refractivity contribution is 7.09. The molecule has 1 aromatic heterocycles. The number of thiazole rings is 1. The summed E-state index contributed by atoms with van der Waals surface area (Å²) in [5, 5.41) is 12.2. The number of aromatic nitrogens is 1. The van der Waals surface area contributed by atoms with Gasteiger partial charge in [0.1, 0.15) is 5.54 Å². The Hall–Kier alpha value is -1.43. The molecule has 0 aliphatic carbocycles. The lowest BCUT2D eigenvalue weighted by Crippen LogP contribution is -2.50. The van der Waals surface area contributed by atoms with E-state index in [1.807, 2.05) is 12.3 Å². The number of carbonyl (C=O) groups excluding carboxylic acids is 1. The van der Waals surface area contributed by atoms with E-state index in [1.54, 1.807) is 18.3 Å². The van der Waals surface area contributed by atoms with Crippen molar-refractivity contribution >= 4 is 23.2 Å². The van der Waals surface area contributed by atoms with Gasteiger partial charge in [-0.05, 0) is 33.1 Å². The van der Waals surface area contributed by atoms with Crippen LogP contribution in [0.4, 0.5) is 0 Å². The van der Waals surface area contributed by atoms with Crippen LogP contribution in [0.2, 0.25) is 0 Å². The van der Waals surface area contributed by atoms with E-state index in [2.05, 4.69) is 4.98 Å². The van der Waals surface area contributed by atoms with Gasteiger partial charge in [0.2, 0.25) is 5.91 Å². The van der Waals surface area contributed by atoms with Crippen LogP contribution in [0.25, 0.3) is 0 Å². The molecular weight excluding hydrogens is 264 g/mol. The van der Waals surface area contributed by atoms with E-state index in [1.165, 1.54) is 4.90 Å². The van der Waals surface area contributed by atoms with Crippen molar-refractivity contribution in [3.63, 3.8) is 0 Å². The minimum Gasteiger partial charge on any atom is -0.480 e. The number of nitrogens with zero attached hydrogens (tertiary/aromatic N) is 2. The molecule has 1 aromatic rings. The number of hydrogen-bond donors (Lipinski definition) is 1. The van der Waals surface area contributed by atoms with E-state index in [-0.39, 0.29) is 5.91 Å². The molecule has 104 valence electrons. The van der Waals surface area contributed by atoms with E-state index in [0.717, 1.165) is 17.1 Å². The first-order valence-electron chi connectivity index (χ1n) is 6.38. The summed E-state index contributed by atoms with van der Waals surface area (Å²) < 4.78 is 0. The molecule has 1 aliphatic rings. The lowest BCUT2D eigenvalue weighted by atomic mass is 9.99. The van der Waals surface area contributed by atoms with Crippen LogP contribution in [0, 0.1) is 6.92 Å². The Bertz CT molecular complexity index is 500. The molecule has 1 N–H and O–H groups in total. The summed E-state index contributed by atoms with van der Waals surface area (Å²) >= 11 is 1.56. The van der Waals surface area contributed by atoms with Gasteiger partial charge in [0.15, 0.2) is 0 Å². The Balaban J connectivity index is 1.98. The van der Waals surface area contributed by atoms with Gasteiger partial charge in [-0.1, -0.05) is 0 Å². The molecular formula is C13H18N2O3S. The number of carboxylic acid groups (broad SMARTS) is 1. The van der Waals surface area contributed by atoms with Crippen molar-refractivity contribution in [1.29, 1.82) is 0 Å². The van der Waals surface area contributed by atoms with Gasteiger partial charge in [0, 0.05) is 18.3 Å². The maximum absolute atomic E-state index is 12.2. The minimum atomic E-state index is -1.03. The number of aliphatic carboxylic acids is 1. The SMILES string of the molecule is Cc1nc(CCC(=O)N2CCCC2(C)C(=O)O)cs1. The summed E-state index contributed by atoms with van der Waals surface area (Å²) in [7, 11) is 0. The summed E-state index contributed by atoms with van der Waals surface area (Å²) in [6, 6.07) is 0. The highest BCUT2D eigenvalue weighted by atomic mass is 32.1. The van der Waals surface area contributed by atoms with Crippen molar-refractivity contribution in [2.45, 2.75) is 45.1 Å². The second-order valence-electron chi connectivity index (χ2n) is 5.09. The molecule has 0 radical (unpaired) electrons. The molecule has 2 heterocycles. The number of hydrogen-bond acceptors (Lipinski definition) is 4. The molecule has 5 nitrogen and oxygen atoms in total. The average molecular weight is 282 g/mol. The zero-order valence-corrected chi connectivity index (χ0v) is 12.0. The number of rotatable bonds is 4. The maximum Gasteiger partial charge on any atom is 0.329 e. The monoisotopic (exact) mass is 282 g/mol. The smallest absolute Gasteiger partial charge is 0.329 e. The van der Waals surface area contributed by atoms with E-state index in [0.29, 0.717) is 25.8 Å². The summed E-state index contributed by atoms with van der Waals surface area (Å²) in [5.41, 5.74) is -0.123. The van der Waals surface area contributed by atoms with Crippen LogP contribution in [0.5, 0.6) is 0 Å². The number of aryl methyl sites for hydroxylation is 2. The topological polar surface area (TPSA) is 70.5 Å². The number of amides is 1. The molecule has 0 saturated carbocycles. The quantitative estimate of drug-likeness (QED) is 0.915. The summed E-state index contributed by atoms with van der Waals surface area (Å²) in [6.07, 6.45) is 2.19. The first-order chi connectivity index (χ1) is 8.93. The Kier molecular flexibility index (Phi) is 3.89. The van der Waals surface area contributed by atoms with Crippen molar-refractivity contribution in [3.8, 4) is 0 Å². The summed E-state index contributed by atoms with van der Waals surface area (Å²) in [5.74, 6) is -1.00. The zero-order chi connectivity index (χ0) is 14.0. The summed E-state index contributed by atoms with van der Waals surface area (Å²) in [6.45, 7) is 4.10. The van der Waals surface area contributed by atoms with Crippen LogP contribution in [0.3, 0.4) is 0 Å². The normalized spacial score (nSPS) is 22.7. The third-order valence-electron chi connectivity index (χ3n) is 3.66. The number of carboxylic acids is 1. The van der Waals surface area contributed by atoms with Crippen LogP contribution in [-0.4, -0.2) is 39.0 Å². The van der Waals surface area contributed by atoms with Crippen LogP contribution >= 0.6 is 11.3 Å². The highest BCUT2D eigenvalue weighted by Gasteiger charge is 2.45. The predicted molar refractivity (Wildman–Crippen MR) is 72.2 cm³/mol. The second kappa shape index (κ2) is 5.28. The third-order valence-corrected chi connectivity index (χ3v) is 4.49. The molecule has 1 atom stereocenters. The number of likely N-dealkylation sites (tertiary alicyclic amines) is 1. The van der Waals surface area contributed by atoms with Crippen molar-refractivity contribution in [2.24, 2.45) is 0 Å². The minimum absolute atomic E-state index is 0.0898. The molecule has 1 unspecified atom stereocenters. The van der Waals surface area contributed by atoms with Crippen molar-refractivity contribution in [3.05, 3.63) is 16.1 Å². The van der Waals surface area contributed by atoms with Crippen LogP contribution in [0.15, 0.2) is 5.38 Å². The van der Waals surface area contributed by atoms with Gasteiger partial charge in [0.25, 0.3) is 0 Å². The molecule has 1 amide bonds. The van der Waals surface area contributed by atoms with Crippen LogP contribution in [-0.2, 0) is 16.0 Å². The van der Waals surface area contributed by atoms with Crippen molar-refractivity contribution in [1.82, 2.24) is 9.88 Å². The van der Waals surface area contributed by atoms with Crippen LogP contribution in [0.1, 0.15) is 36.9 Å². The van der Waals surface area contributed by atoms with Crippen molar-refractivity contribution in [2.75, 3.05) is 6.54 Å². The highest BCUT2D eigenvalue weighted by Crippen LogP contribution is 2.30. The van der Waals surface area contributed by atoms with E-state index in [9.17, 15) is 14.7 Å². The van der Waals surface area contributed by atoms with Gasteiger partial charge in [-0.3, -0.25) is 4.79 Å². The van der Waals surface area contributed by atoms with Crippen molar-refractivity contribution < 1.29 is 14.7 Å². The van der Waals surface area contributed by atoms with E-state index >= 15 is 0 Å². The van der Waals surface area contributed by atoms with Gasteiger partial charge in [-0.2, -0.15) is 0 Å². The molecule has 6 heteroatoms. The first kappa shape index (κ1) is 14.0. The Morgan fingerprint density at radius 2 is 2.32 bits per heavy atom. The van der Waals surface area contributed by atoms with Gasteiger partial charge >= 0.3 is 5.97 Å². The molecule has 0 spiro atoms. The molecule has 19 heavy (non-hydrogen) atoms.